The number of rotatable bonds is 3. The summed E-state index contributed by atoms with van der Waals surface area (Å²) < 4.78 is 23.2. The van der Waals surface area contributed by atoms with Crippen LogP contribution in [0.15, 0.2) is 0 Å². The summed E-state index contributed by atoms with van der Waals surface area (Å²) in [6.45, 7) is 7.26. The molecular formula is C12H24O3S. The van der Waals surface area contributed by atoms with Crippen LogP contribution in [0.2, 0.25) is 0 Å². The van der Waals surface area contributed by atoms with E-state index < -0.39 is 14.6 Å². The van der Waals surface area contributed by atoms with E-state index in [1.54, 1.807) is 20.8 Å². The first-order chi connectivity index (χ1) is 7.15. The summed E-state index contributed by atoms with van der Waals surface area (Å²) in [5.74, 6) is 0.861. The minimum absolute atomic E-state index is 0.234. The van der Waals surface area contributed by atoms with Gasteiger partial charge in [-0.25, -0.2) is 8.42 Å². The normalized spacial score (nSPS) is 31.9. The van der Waals surface area contributed by atoms with E-state index in [1.165, 1.54) is 0 Å². The van der Waals surface area contributed by atoms with E-state index in [4.69, 9.17) is 0 Å². The van der Waals surface area contributed by atoms with Crippen LogP contribution in [-0.4, -0.2) is 30.1 Å². The molecule has 0 amide bonds. The van der Waals surface area contributed by atoms with Crippen LogP contribution < -0.4 is 0 Å². The molecule has 0 spiro atoms. The molecule has 1 aliphatic carbocycles. The average molecular weight is 248 g/mol. The van der Waals surface area contributed by atoms with Gasteiger partial charge in [0, 0.05) is 0 Å². The second-order valence-corrected chi connectivity index (χ2v) is 8.85. The Hall–Kier alpha value is -0.0900. The number of aliphatic hydroxyl groups is 1. The van der Waals surface area contributed by atoms with Crippen LogP contribution in [0.25, 0.3) is 0 Å². The number of hydrogen-bond donors (Lipinski definition) is 1. The molecule has 0 radical (unpaired) electrons. The van der Waals surface area contributed by atoms with Crippen molar-refractivity contribution in [3.05, 3.63) is 0 Å². The SMILES string of the molecule is CC1C(O)CCC1CCS(=O)(=O)C(C)(C)C. The van der Waals surface area contributed by atoms with Gasteiger partial charge in [-0.2, -0.15) is 0 Å². The van der Waals surface area contributed by atoms with Crippen molar-refractivity contribution in [3.63, 3.8) is 0 Å². The van der Waals surface area contributed by atoms with Crippen molar-refractivity contribution in [2.24, 2.45) is 11.8 Å². The van der Waals surface area contributed by atoms with Gasteiger partial charge >= 0.3 is 0 Å². The molecular weight excluding hydrogens is 224 g/mol. The minimum Gasteiger partial charge on any atom is -0.393 e. The summed E-state index contributed by atoms with van der Waals surface area (Å²) in [6, 6.07) is 0. The predicted octanol–water partition coefficient (Wildman–Crippen LogP) is 2.00. The van der Waals surface area contributed by atoms with E-state index in [2.05, 4.69) is 0 Å². The van der Waals surface area contributed by atoms with Crippen molar-refractivity contribution in [1.82, 2.24) is 0 Å². The molecule has 3 nitrogen and oxygen atoms in total. The number of aliphatic hydroxyl groups excluding tert-OH is 1. The van der Waals surface area contributed by atoms with Gasteiger partial charge in [0.05, 0.1) is 16.6 Å². The van der Waals surface area contributed by atoms with Crippen LogP contribution in [0.3, 0.4) is 0 Å². The minimum atomic E-state index is -3.01. The van der Waals surface area contributed by atoms with E-state index in [1.807, 2.05) is 6.92 Å². The van der Waals surface area contributed by atoms with Gasteiger partial charge in [-0.3, -0.25) is 0 Å². The highest BCUT2D eigenvalue weighted by molar-refractivity contribution is 7.92. The molecule has 3 atom stereocenters. The van der Waals surface area contributed by atoms with E-state index in [0.717, 1.165) is 12.8 Å². The summed E-state index contributed by atoms with van der Waals surface area (Å²) in [5.41, 5.74) is 0. The lowest BCUT2D eigenvalue weighted by molar-refractivity contribution is 0.127. The van der Waals surface area contributed by atoms with Crippen LogP contribution >= 0.6 is 0 Å². The standard InChI is InChI=1S/C12H24O3S/c1-9-10(5-6-11(9)13)7-8-16(14,15)12(2,3)4/h9-11,13H,5-8H2,1-4H3. The molecule has 0 saturated heterocycles. The first-order valence-electron chi connectivity index (χ1n) is 6.05. The maximum Gasteiger partial charge on any atom is 0.155 e. The maximum atomic E-state index is 11.9. The Bertz CT molecular complexity index is 327. The summed E-state index contributed by atoms with van der Waals surface area (Å²) in [4.78, 5) is 0. The predicted molar refractivity (Wildman–Crippen MR) is 66.1 cm³/mol. The highest BCUT2D eigenvalue weighted by atomic mass is 32.2. The second-order valence-electron chi connectivity index (χ2n) is 5.98. The third-order valence-corrected chi connectivity index (χ3v) is 6.51. The zero-order valence-electron chi connectivity index (χ0n) is 10.7. The van der Waals surface area contributed by atoms with E-state index in [0.29, 0.717) is 12.3 Å². The van der Waals surface area contributed by atoms with Gasteiger partial charge in [0.15, 0.2) is 9.84 Å². The molecule has 1 saturated carbocycles. The molecule has 1 fully saturated rings. The van der Waals surface area contributed by atoms with Crippen molar-refractivity contribution < 1.29 is 13.5 Å². The smallest absolute Gasteiger partial charge is 0.155 e. The second kappa shape index (κ2) is 4.65. The average Bonchev–Trinajstić information content (AvgIpc) is 2.43. The lowest BCUT2D eigenvalue weighted by Crippen LogP contribution is -2.31. The maximum absolute atomic E-state index is 11.9. The fraction of sp³-hybridized carbons (Fsp3) is 1.00. The molecule has 0 aromatic rings. The number of hydrogen-bond acceptors (Lipinski definition) is 3. The van der Waals surface area contributed by atoms with E-state index in [9.17, 15) is 13.5 Å². The molecule has 96 valence electrons. The van der Waals surface area contributed by atoms with Gasteiger partial charge in [0.2, 0.25) is 0 Å². The molecule has 4 heteroatoms. The summed E-state index contributed by atoms with van der Waals surface area (Å²) in [6.07, 6.45) is 2.24. The molecule has 0 bridgehead atoms. The zero-order chi connectivity index (χ0) is 12.6. The molecule has 16 heavy (non-hydrogen) atoms. The van der Waals surface area contributed by atoms with Gasteiger partial charge in [-0.05, 0) is 51.9 Å². The van der Waals surface area contributed by atoms with Crippen molar-refractivity contribution in [1.29, 1.82) is 0 Å². The molecule has 1 N–H and O–H groups in total. The first-order valence-corrected chi connectivity index (χ1v) is 7.71. The molecule has 1 rings (SSSR count). The Labute approximate surface area is 99.2 Å². The van der Waals surface area contributed by atoms with Gasteiger partial charge in [0.1, 0.15) is 0 Å². The van der Waals surface area contributed by atoms with Crippen molar-refractivity contribution in [2.45, 2.75) is 57.8 Å². The Morgan fingerprint density at radius 2 is 1.81 bits per heavy atom. The monoisotopic (exact) mass is 248 g/mol. The Morgan fingerprint density at radius 1 is 1.25 bits per heavy atom. The van der Waals surface area contributed by atoms with Crippen molar-refractivity contribution in [2.75, 3.05) is 5.75 Å². The Kier molecular flexibility index (Phi) is 4.06. The molecule has 0 aliphatic heterocycles. The van der Waals surface area contributed by atoms with Crippen LogP contribution in [0.4, 0.5) is 0 Å². The highest BCUT2D eigenvalue weighted by Gasteiger charge is 2.34. The highest BCUT2D eigenvalue weighted by Crippen LogP contribution is 2.34. The van der Waals surface area contributed by atoms with Crippen molar-refractivity contribution in [3.8, 4) is 0 Å². The van der Waals surface area contributed by atoms with Crippen LogP contribution in [-0.2, 0) is 9.84 Å². The van der Waals surface area contributed by atoms with Crippen LogP contribution in [0.1, 0.15) is 47.0 Å². The Morgan fingerprint density at radius 3 is 2.19 bits per heavy atom. The first kappa shape index (κ1) is 14.0. The molecule has 1 aliphatic rings. The summed E-state index contributed by atoms with van der Waals surface area (Å²) in [5, 5.41) is 9.61. The Balaban J connectivity index is 2.53. The molecule has 0 aromatic heterocycles. The lowest BCUT2D eigenvalue weighted by atomic mass is 9.95. The van der Waals surface area contributed by atoms with Crippen molar-refractivity contribution >= 4 is 9.84 Å². The fourth-order valence-corrected chi connectivity index (χ4v) is 3.47. The lowest BCUT2D eigenvalue weighted by Gasteiger charge is -2.22. The largest absolute Gasteiger partial charge is 0.393 e. The van der Waals surface area contributed by atoms with Gasteiger partial charge in [-0.15, -0.1) is 0 Å². The third kappa shape index (κ3) is 2.98. The number of sulfone groups is 1. The molecule has 0 aromatic carbocycles. The van der Waals surface area contributed by atoms with Gasteiger partial charge in [-0.1, -0.05) is 6.92 Å². The topological polar surface area (TPSA) is 54.4 Å². The summed E-state index contributed by atoms with van der Waals surface area (Å²) in [7, 11) is -3.01. The van der Waals surface area contributed by atoms with Crippen LogP contribution in [0, 0.1) is 11.8 Å². The van der Waals surface area contributed by atoms with Gasteiger partial charge < -0.3 is 5.11 Å². The molecule has 0 heterocycles. The summed E-state index contributed by atoms with van der Waals surface area (Å²) >= 11 is 0. The van der Waals surface area contributed by atoms with Crippen LogP contribution in [0.5, 0.6) is 0 Å². The quantitative estimate of drug-likeness (QED) is 0.831. The molecule has 3 unspecified atom stereocenters. The fourth-order valence-electron chi connectivity index (χ4n) is 2.24. The van der Waals surface area contributed by atoms with E-state index in [-0.39, 0.29) is 17.8 Å². The van der Waals surface area contributed by atoms with E-state index >= 15 is 0 Å². The zero-order valence-corrected chi connectivity index (χ0v) is 11.5. The van der Waals surface area contributed by atoms with Gasteiger partial charge in [0.25, 0.3) is 0 Å². The third-order valence-electron chi connectivity index (χ3n) is 3.87.